The zero-order valence-electron chi connectivity index (χ0n) is 15.2. The van der Waals surface area contributed by atoms with E-state index in [4.69, 9.17) is 0 Å². The van der Waals surface area contributed by atoms with Crippen LogP contribution in [0.25, 0.3) is 0 Å². The predicted octanol–water partition coefficient (Wildman–Crippen LogP) is 2.08. The summed E-state index contributed by atoms with van der Waals surface area (Å²) in [6.07, 6.45) is 4.16. The van der Waals surface area contributed by atoms with Gasteiger partial charge < -0.3 is 10.2 Å². The first-order chi connectivity index (χ1) is 12.5. The number of aromatic nitrogens is 2. The van der Waals surface area contributed by atoms with Crippen LogP contribution in [-0.2, 0) is 10.0 Å². The molecule has 1 aliphatic rings. The van der Waals surface area contributed by atoms with Crippen LogP contribution >= 0.6 is 0 Å². The molecule has 0 aliphatic carbocycles. The van der Waals surface area contributed by atoms with Gasteiger partial charge in [-0.05, 0) is 38.3 Å². The van der Waals surface area contributed by atoms with Crippen molar-refractivity contribution in [2.24, 2.45) is 0 Å². The van der Waals surface area contributed by atoms with Gasteiger partial charge in [-0.1, -0.05) is 17.7 Å². The van der Waals surface area contributed by atoms with Gasteiger partial charge in [0, 0.05) is 32.2 Å². The maximum Gasteiger partial charge on any atom is 0.240 e. The summed E-state index contributed by atoms with van der Waals surface area (Å²) >= 11 is 0. The van der Waals surface area contributed by atoms with E-state index < -0.39 is 10.0 Å². The maximum atomic E-state index is 12.4. The van der Waals surface area contributed by atoms with Crippen LogP contribution in [0.15, 0.2) is 35.4 Å². The fraction of sp³-hybridized carbons (Fsp3) is 0.444. The van der Waals surface area contributed by atoms with Crippen molar-refractivity contribution in [1.82, 2.24) is 14.9 Å². The minimum absolute atomic E-state index is 0.269. The van der Waals surface area contributed by atoms with E-state index in [-0.39, 0.29) is 6.54 Å². The summed E-state index contributed by atoms with van der Waals surface area (Å²) in [5.41, 5.74) is 2.84. The Labute approximate surface area is 154 Å². The largest absolute Gasteiger partial charge is 0.370 e. The van der Waals surface area contributed by atoms with E-state index in [1.54, 1.807) is 25.3 Å². The topological polar surface area (TPSA) is 87.2 Å². The summed E-state index contributed by atoms with van der Waals surface area (Å²) in [4.78, 5) is 2.60. The SMILES string of the molecule is Cc1ccc(S(=O)(=O)NCCNc2cc(N3CCCC3)cnn2)c(C)c1. The van der Waals surface area contributed by atoms with Gasteiger partial charge in [-0.2, -0.15) is 5.10 Å². The van der Waals surface area contributed by atoms with E-state index in [0.29, 0.717) is 17.3 Å². The molecule has 3 rings (SSSR count). The van der Waals surface area contributed by atoms with Crippen molar-refractivity contribution in [3.63, 3.8) is 0 Å². The second kappa shape index (κ2) is 8.01. The molecule has 0 unspecified atom stereocenters. The third-order valence-corrected chi connectivity index (χ3v) is 6.08. The third-order valence-electron chi connectivity index (χ3n) is 4.45. The zero-order valence-corrected chi connectivity index (χ0v) is 16.0. The van der Waals surface area contributed by atoms with Crippen molar-refractivity contribution in [1.29, 1.82) is 0 Å². The number of sulfonamides is 1. The highest BCUT2D eigenvalue weighted by Crippen LogP contribution is 2.20. The predicted molar refractivity (Wildman–Crippen MR) is 103 cm³/mol. The van der Waals surface area contributed by atoms with Gasteiger partial charge in [0.2, 0.25) is 10.0 Å². The van der Waals surface area contributed by atoms with Gasteiger partial charge in [-0.15, -0.1) is 5.10 Å². The van der Waals surface area contributed by atoms with Gasteiger partial charge in [0.1, 0.15) is 0 Å². The number of nitrogens with zero attached hydrogens (tertiary/aromatic N) is 3. The molecule has 0 radical (unpaired) electrons. The number of anilines is 2. The van der Waals surface area contributed by atoms with E-state index >= 15 is 0 Å². The number of aryl methyl sites for hydroxylation is 2. The second-order valence-corrected chi connectivity index (χ2v) is 8.32. The van der Waals surface area contributed by atoms with Crippen LogP contribution in [-0.4, -0.2) is 44.8 Å². The van der Waals surface area contributed by atoms with Gasteiger partial charge in [0.05, 0.1) is 16.8 Å². The van der Waals surface area contributed by atoms with Crippen molar-refractivity contribution in [2.75, 3.05) is 36.4 Å². The van der Waals surface area contributed by atoms with Crippen molar-refractivity contribution in [3.8, 4) is 0 Å². The van der Waals surface area contributed by atoms with Crippen LogP contribution in [0.1, 0.15) is 24.0 Å². The number of hydrogen-bond donors (Lipinski definition) is 2. The molecule has 0 saturated carbocycles. The Morgan fingerprint density at radius 3 is 2.62 bits per heavy atom. The molecule has 2 N–H and O–H groups in total. The Hall–Kier alpha value is -2.19. The van der Waals surface area contributed by atoms with Crippen molar-refractivity contribution in [3.05, 3.63) is 41.6 Å². The summed E-state index contributed by atoms with van der Waals surface area (Å²) in [6.45, 7) is 6.53. The highest BCUT2D eigenvalue weighted by atomic mass is 32.2. The summed E-state index contributed by atoms with van der Waals surface area (Å²) in [7, 11) is -3.52. The molecule has 2 heterocycles. The molecule has 1 aliphatic heterocycles. The molecule has 1 saturated heterocycles. The molecular weight excluding hydrogens is 350 g/mol. The number of hydrogen-bond acceptors (Lipinski definition) is 6. The van der Waals surface area contributed by atoms with Crippen molar-refractivity contribution >= 4 is 21.5 Å². The molecule has 2 aromatic rings. The van der Waals surface area contributed by atoms with E-state index in [0.717, 1.165) is 29.9 Å². The van der Waals surface area contributed by atoms with E-state index in [9.17, 15) is 8.42 Å². The molecule has 7 nitrogen and oxygen atoms in total. The lowest BCUT2D eigenvalue weighted by Gasteiger charge is -2.17. The molecule has 1 aromatic heterocycles. The summed E-state index contributed by atoms with van der Waals surface area (Å²) in [6, 6.07) is 7.27. The minimum atomic E-state index is -3.52. The number of benzene rings is 1. The van der Waals surface area contributed by atoms with Crippen LogP contribution in [0.5, 0.6) is 0 Å². The molecule has 0 amide bonds. The fourth-order valence-electron chi connectivity index (χ4n) is 3.15. The lowest BCUT2D eigenvalue weighted by Crippen LogP contribution is -2.29. The zero-order chi connectivity index (χ0) is 18.6. The molecule has 1 fully saturated rings. The Morgan fingerprint density at radius 2 is 1.88 bits per heavy atom. The lowest BCUT2D eigenvalue weighted by atomic mass is 10.2. The molecule has 0 bridgehead atoms. The van der Waals surface area contributed by atoms with Gasteiger partial charge in [-0.3, -0.25) is 0 Å². The molecule has 26 heavy (non-hydrogen) atoms. The van der Waals surface area contributed by atoms with Gasteiger partial charge in [-0.25, -0.2) is 13.1 Å². The van der Waals surface area contributed by atoms with Gasteiger partial charge in [0.25, 0.3) is 0 Å². The monoisotopic (exact) mass is 375 g/mol. The normalized spacial score (nSPS) is 14.6. The summed E-state index contributed by atoms with van der Waals surface area (Å²) in [5, 5.41) is 11.2. The van der Waals surface area contributed by atoms with Crippen molar-refractivity contribution in [2.45, 2.75) is 31.6 Å². The third kappa shape index (κ3) is 4.50. The molecular formula is C18H25N5O2S. The van der Waals surface area contributed by atoms with Crippen LogP contribution in [0.4, 0.5) is 11.5 Å². The fourth-order valence-corrected chi connectivity index (χ4v) is 4.40. The summed E-state index contributed by atoms with van der Waals surface area (Å²) < 4.78 is 27.5. The minimum Gasteiger partial charge on any atom is -0.370 e. The molecule has 8 heteroatoms. The van der Waals surface area contributed by atoms with E-state index in [1.165, 1.54) is 12.8 Å². The average Bonchev–Trinajstić information content (AvgIpc) is 3.13. The number of rotatable bonds is 7. The van der Waals surface area contributed by atoms with Gasteiger partial charge >= 0.3 is 0 Å². The Balaban J connectivity index is 1.54. The molecule has 0 spiro atoms. The quantitative estimate of drug-likeness (QED) is 0.721. The lowest BCUT2D eigenvalue weighted by molar-refractivity contribution is 0.582. The van der Waals surface area contributed by atoms with E-state index in [2.05, 4.69) is 25.1 Å². The first-order valence-corrected chi connectivity index (χ1v) is 10.3. The first-order valence-electron chi connectivity index (χ1n) is 8.84. The van der Waals surface area contributed by atoms with Crippen LogP contribution < -0.4 is 14.9 Å². The Morgan fingerprint density at radius 1 is 1.12 bits per heavy atom. The highest BCUT2D eigenvalue weighted by Gasteiger charge is 2.16. The first kappa shape index (κ1) is 18.6. The van der Waals surface area contributed by atoms with Gasteiger partial charge in [0.15, 0.2) is 5.82 Å². The van der Waals surface area contributed by atoms with Crippen LogP contribution in [0, 0.1) is 13.8 Å². The molecule has 0 atom stereocenters. The second-order valence-electron chi connectivity index (χ2n) is 6.59. The maximum absolute atomic E-state index is 12.4. The average molecular weight is 375 g/mol. The standard InChI is InChI=1S/C18H25N5O2S/c1-14-5-6-17(15(2)11-14)26(24,25)21-8-7-19-18-12-16(13-20-22-18)23-9-3-4-10-23/h5-6,11-13,21H,3-4,7-10H2,1-2H3,(H,19,22). The number of nitrogens with one attached hydrogen (secondary N) is 2. The van der Waals surface area contributed by atoms with E-state index in [1.807, 2.05) is 19.1 Å². The Bertz CT molecular complexity index is 864. The highest BCUT2D eigenvalue weighted by molar-refractivity contribution is 7.89. The van der Waals surface area contributed by atoms with Crippen LogP contribution in [0.2, 0.25) is 0 Å². The summed E-state index contributed by atoms with van der Waals surface area (Å²) in [5.74, 6) is 0.653. The smallest absolute Gasteiger partial charge is 0.240 e. The Kier molecular flexibility index (Phi) is 5.73. The molecule has 1 aromatic carbocycles. The molecule has 140 valence electrons. The van der Waals surface area contributed by atoms with Crippen LogP contribution in [0.3, 0.4) is 0 Å². The van der Waals surface area contributed by atoms with Crippen molar-refractivity contribution < 1.29 is 8.42 Å².